The number of hydrogen-bond donors (Lipinski definition) is 0. The van der Waals surface area contributed by atoms with Crippen LogP contribution in [0.5, 0.6) is 11.5 Å². The van der Waals surface area contributed by atoms with Crippen molar-refractivity contribution < 1.29 is 22.6 Å². The molecule has 18 heavy (non-hydrogen) atoms. The number of rotatable bonds is 1. The van der Waals surface area contributed by atoms with Crippen LogP contribution in [0.4, 0.5) is 13.2 Å². The van der Waals surface area contributed by atoms with Crippen LogP contribution in [-0.2, 0) is 0 Å². The first-order valence-corrected chi connectivity index (χ1v) is 5.85. The van der Waals surface area contributed by atoms with Crippen molar-refractivity contribution >= 4 is 0 Å². The minimum atomic E-state index is -4.65. The van der Waals surface area contributed by atoms with Gasteiger partial charge in [-0.3, -0.25) is 0 Å². The summed E-state index contributed by atoms with van der Waals surface area (Å²) in [6.07, 6.45) is -3.68. The molecule has 1 aromatic rings. The molecule has 0 amide bonds. The molecule has 1 fully saturated rings. The molecule has 1 aromatic carbocycles. The van der Waals surface area contributed by atoms with Gasteiger partial charge in [-0.25, -0.2) is 0 Å². The lowest BCUT2D eigenvalue weighted by atomic mass is 9.94. The quantitative estimate of drug-likeness (QED) is 0.761. The maximum Gasteiger partial charge on any atom is 0.573 e. The van der Waals surface area contributed by atoms with Crippen molar-refractivity contribution in [2.75, 3.05) is 0 Å². The summed E-state index contributed by atoms with van der Waals surface area (Å²) >= 11 is 0. The lowest BCUT2D eigenvalue weighted by Crippen LogP contribution is -2.34. The molecule has 0 N–H and O–H groups in total. The molecule has 1 saturated carbocycles. The smallest absolute Gasteiger partial charge is 0.487 e. The van der Waals surface area contributed by atoms with E-state index in [0.717, 1.165) is 12.0 Å². The van der Waals surface area contributed by atoms with Crippen molar-refractivity contribution in [3.05, 3.63) is 23.8 Å². The molecule has 0 radical (unpaired) electrons. The van der Waals surface area contributed by atoms with Gasteiger partial charge in [-0.05, 0) is 44.4 Å². The predicted octanol–water partition coefficient (Wildman–Crippen LogP) is 3.86. The molecule has 1 aliphatic heterocycles. The van der Waals surface area contributed by atoms with E-state index in [4.69, 9.17) is 4.74 Å². The SMILES string of the molecule is CC1(C)Oc2ccc(OC(F)(F)F)cc2C2CC21. The molecular formula is C13H13F3O2. The Morgan fingerprint density at radius 2 is 2.06 bits per heavy atom. The highest BCUT2D eigenvalue weighted by molar-refractivity contribution is 5.48. The van der Waals surface area contributed by atoms with Crippen molar-refractivity contribution in [1.29, 1.82) is 0 Å². The topological polar surface area (TPSA) is 18.5 Å². The minimum absolute atomic E-state index is 0.171. The van der Waals surface area contributed by atoms with Crippen LogP contribution in [0.2, 0.25) is 0 Å². The zero-order chi connectivity index (χ0) is 13.1. The van der Waals surface area contributed by atoms with Crippen molar-refractivity contribution in [3.63, 3.8) is 0 Å². The molecule has 1 heterocycles. The van der Waals surface area contributed by atoms with E-state index in [1.54, 1.807) is 6.07 Å². The Morgan fingerprint density at radius 3 is 2.72 bits per heavy atom. The van der Waals surface area contributed by atoms with Crippen LogP contribution >= 0.6 is 0 Å². The third kappa shape index (κ3) is 1.91. The molecule has 2 aliphatic rings. The Labute approximate surface area is 103 Å². The monoisotopic (exact) mass is 258 g/mol. The van der Waals surface area contributed by atoms with Gasteiger partial charge in [0.05, 0.1) is 0 Å². The van der Waals surface area contributed by atoms with Gasteiger partial charge in [0.15, 0.2) is 0 Å². The fraction of sp³-hybridized carbons (Fsp3) is 0.538. The number of ether oxygens (including phenoxy) is 2. The molecule has 2 unspecified atom stereocenters. The number of benzene rings is 1. The summed E-state index contributed by atoms with van der Waals surface area (Å²) in [4.78, 5) is 0. The minimum Gasteiger partial charge on any atom is -0.487 e. The molecule has 2 atom stereocenters. The number of halogens is 3. The van der Waals surface area contributed by atoms with Gasteiger partial charge < -0.3 is 9.47 Å². The zero-order valence-corrected chi connectivity index (χ0v) is 10.0. The van der Waals surface area contributed by atoms with Crippen LogP contribution in [0.3, 0.4) is 0 Å². The van der Waals surface area contributed by atoms with Crippen LogP contribution < -0.4 is 9.47 Å². The van der Waals surface area contributed by atoms with E-state index in [-0.39, 0.29) is 11.4 Å². The van der Waals surface area contributed by atoms with Gasteiger partial charge >= 0.3 is 6.36 Å². The summed E-state index contributed by atoms with van der Waals surface area (Å²) in [5, 5.41) is 0. The van der Waals surface area contributed by atoms with E-state index in [1.165, 1.54) is 12.1 Å². The van der Waals surface area contributed by atoms with Crippen molar-refractivity contribution in [1.82, 2.24) is 0 Å². The van der Waals surface area contributed by atoms with Crippen molar-refractivity contribution in [3.8, 4) is 11.5 Å². The molecule has 3 rings (SSSR count). The lowest BCUT2D eigenvalue weighted by Gasteiger charge is -2.32. The fourth-order valence-electron chi connectivity index (χ4n) is 2.77. The van der Waals surface area contributed by atoms with Gasteiger partial charge in [0.25, 0.3) is 0 Å². The van der Waals surface area contributed by atoms with E-state index in [9.17, 15) is 13.2 Å². The second-order valence-corrected chi connectivity index (χ2v) is 5.40. The summed E-state index contributed by atoms with van der Waals surface area (Å²) in [5.74, 6) is 1.20. The van der Waals surface area contributed by atoms with E-state index in [2.05, 4.69) is 4.74 Å². The Bertz CT molecular complexity index is 493. The van der Waals surface area contributed by atoms with E-state index in [1.807, 2.05) is 13.8 Å². The van der Waals surface area contributed by atoms with Crippen LogP contribution in [0.1, 0.15) is 31.7 Å². The first-order valence-electron chi connectivity index (χ1n) is 5.85. The molecule has 0 bridgehead atoms. The molecule has 0 saturated heterocycles. The van der Waals surface area contributed by atoms with Gasteiger partial charge in [0.1, 0.15) is 17.1 Å². The van der Waals surface area contributed by atoms with E-state index >= 15 is 0 Å². The second-order valence-electron chi connectivity index (χ2n) is 5.40. The first-order chi connectivity index (χ1) is 8.26. The van der Waals surface area contributed by atoms with Crippen LogP contribution in [0, 0.1) is 5.92 Å². The standard InChI is InChI=1S/C13H13F3O2/c1-12(2)10-6-8(10)9-5-7(17-13(14,15)16)3-4-11(9)18-12/h3-5,8,10H,6H2,1-2H3. The van der Waals surface area contributed by atoms with Crippen molar-refractivity contribution in [2.24, 2.45) is 5.92 Å². The van der Waals surface area contributed by atoms with Gasteiger partial charge in [0.2, 0.25) is 0 Å². The van der Waals surface area contributed by atoms with Gasteiger partial charge in [-0.15, -0.1) is 13.2 Å². The van der Waals surface area contributed by atoms with Gasteiger partial charge in [0, 0.05) is 11.5 Å². The average molecular weight is 258 g/mol. The normalized spacial score (nSPS) is 27.8. The highest BCUT2D eigenvalue weighted by Gasteiger charge is 2.54. The fourth-order valence-corrected chi connectivity index (χ4v) is 2.77. The highest BCUT2D eigenvalue weighted by Crippen LogP contribution is 2.60. The summed E-state index contributed by atoms with van der Waals surface area (Å²) in [6, 6.07) is 4.31. The van der Waals surface area contributed by atoms with E-state index < -0.39 is 6.36 Å². The number of alkyl halides is 3. The average Bonchev–Trinajstić information content (AvgIpc) is 2.97. The molecule has 0 aromatic heterocycles. The number of fused-ring (bicyclic) bond motifs is 3. The second kappa shape index (κ2) is 3.33. The Balaban J connectivity index is 1.92. The van der Waals surface area contributed by atoms with Gasteiger partial charge in [-0.2, -0.15) is 0 Å². The molecule has 0 spiro atoms. The molecule has 5 heteroatoms. The Morgan fingerprint density at radius 1 is 1.33 bits per heavy atom. The zero-order valence-electron chi connectivity index (χ0n) is 10.0. The maximum atomic E-state index is 12.2. The lowest BCUT2D eigenvalue weighted by molar-refractivity contribution is -0.274. The molecular weight excluding hydrogens is 245 g/mol. The van der Waals surface area contributed by atoms with E-state index in [0.29, 0.717) is 17.6 Å². The summed E-state index contributed by atoms with van der Waals surface area (Å²) in [7, 11) is 0. The molecule has 1 aliphatic carbocycles. The largest absolute Gasteiger partial charge is 0.573 e. The Kier molecular flexibility index (Phi) is 2.17. The summed E-state index contributed by atoms with van der Waals surface area (Å²) in [5.41, 5.74) is 0.602. The highest BCUT2D eigenvalue weighted by atomic mass is 19.4. The van der Waals surface area contributed by atoms with Gasteiger partial charge in [-0.1, -0.05) is 0 Å². The molecule has 2 nitrogen and oxygen atoms in total. The van der Waals surface area contributed by atoms with Crippen LogP contribution in [0.15, 0.2) is 18.2 Å². The van der Waals surface area contributed by atoms with Crippen molar-refractivity contribution in [2.45, 2.75) is 38.1 Å². The third-order valence-electron chi connectivity index (χ3n) is 3.67. The third-order valence-corrected chi connectivity index (χ3v) is 3.67. The summed E-state index contributed by atoms with van der Waals surface area (Å²) < 4.78 is 46.2. The van der Waals surface area contributed by atoms with Crippen LogP contribution in [0.25, 0.3) is 0 Å². The maximum absolute atomic E-state index is 12.2. The number of hydrogen-bond acceptors (Lipinski definition) is 2. The summed E-state index contributed by atoms with van der Waals surface area (Å²) in [6.45, 7) is 4.03. The first kappa shape index (κ1) is 11.7. The molecule has 98 valence electrons. The predicted molar refractivity (Wildman–Crippen MR) is 58.7 cm³/mol. The van der Waals surface area contributed by atoms with Crippen LogP contribution in [-0.4, -0.2) is 12.0 Å². The Hall–Kier alpha value is -1.39.